The summed E-state index contributed by atoms with van der Waals surface area (Å²) in [6.45, 7) is 2.23. The van der Waals surface area contributed by atoms with Crippen LogP contribution in [-0.4, -0.2) is 0 Å². The van der Waals surface area contributed by atoms with Crippen LogP contribution in [0.3, 0.4) is 0 Å². The fourth-order valence-corrected chi connectivity index (χ4v) is 2.02. The number of allylic oxidation sites excluding steroid dienone is 6. The van der Waals surface area contributed by atoms with Crippen molar-refractivity contribution in [2.24, 2.45) is 11.8 Å². The first-order valence-electron chi connectivity index (χ1n) is 4.39. The van der Waals surface area contributed by atoms with Gasteiger partial charge in [0.05, 0.1) is 0 Å². The van der Waals surface area contributed by atoms with Crippen LogP contribution in [0.5, 0.6) is 0 Å². The highest BCUT2D eigenvalue weighted by molar-refractivity contribution is 5.27. The topological polar surface area (TPSA) is 0 Å². The first-order chi connectivity index (χ1) is 5.38. The van der Waals surface area contributed by atoms with E-state index in [9.17, 15) is 0 Å². The quantitative estimate of drug-likeness (QED) is 0.461. The van der Waals surface area contributed by atoms with E-state index in [1.807, 2.05) is 0 Å². The van der Waals surface area contributed by atoms with Crippen LogP contribution in [0.4, 0.5) is 0 Å². The van der Waals surface area contributed by atoms with Crippen LogP contribution in [0.25, 0.3) is 0 Å². The van der Waals surface area contributed by atoms with E-state index < -0.39 is 0 Å². The lowest BCUT2D eigenvalue weighted by Gasteiger charge is -2.28. The Labute approximate surface area is 68.3 Å². The van der Waals surface area contributed by atoms with Crippen LogP contribution in [0.15, 0.2) is 36.0 Å². The zero-order chi connectivity index (χ0) is 7.68. The average molecular weight is 146 g/mol. The maximum Gasteiger partial charge on any atom is 0.00401 e. The van der Waals surface area contributed by atoms with Crippen LogP contribution in [-0.2, 0) is 0 Å². The highest BCUT2D eigenvalue weighted by atomic mass is 14.3. The lowest BCUT2D eigenvalue weighted by atomic mass is 9.77. The summed E-state index contributed by atoms with van der Waals surface area (Å²) in [5.74, 6) is 1.51. The van der Waals surface area contributed by atoms with E-state index in [0.29, 0.717) is 5.92 Å². The highest BCUT2D eigenvalue weighted by Crippen LogP contribution is 2.33. The van der Waals surface area contributed by atoms with Crippen molar-refractivity contribution in [3.63, 3.8) is 0 Å². The fraction of sp³-hybridized carbons (Fsp3) is 0.455. The molecule has 0 saturated heterocycles. The smallest absolute Gasteiger partial charge is 0.00401 e. The Kier molecular flexibility index (Phi) is 1.69. The van der Waals surface area contributed by atoms with Crippen molar-refractivity contribution >= 4 is 0 Å². The molecule has 0 spiro atoms. The van der Waals surface area contributed by atoms with Crippen LogP contribution in [0.2, 0.25) is 0 Å². The van der Waals surface area contributed by atoms with E-state index in [2.05, 4.69) is 37.3 Å². The Hall–Kier alpha value is -0.780. The van der Waals surface area contributed by atoms with Crippen LogP contribution in [0, 0.1) is 11.8 Å². The molecule has 0 aromatic carbocycles. The minimum Gasteiger partial charge on any atom is -0.0879 e. The van der Waals surface area contributed by atoms with Crippen molar-refractivity contribution in [3.8, 4) is 0 Å². The van der Waals surface area contributed by atoms with Gasteiger partial charge in [0.25, 0.3) is 0 Å². The average Bonchev–Trinajstić information content (AvgIpc) is 2.06. The maximum atomic E-state index is 2.36. The minimum absolute atomic E-state index is 0.716. The molecule has 0 heteroatoms. The third kappa shape index (κ3) is 1.18. The van der Waals surface area contributed by atoms with Crippen LogP contribution >= 0.6 is 0 Å². The number of hydrogen-bond acceptors (Lipinski definition) is 0. The molecular weight excluding hydrogens is 132 g/mol. The third-order valence-corrected chi connectivity index (χ3v) is 2.71. The second kappa shape index (κ2) is 2.69. The van der Waals surface area contributed by atoms with E-state index in [-0.39, 0.29) is 0 Å². The molecule has 2 aliphatic rings. The minimum atomic E-state index is 0.716. The summed E-state index contributed by atoms with van der Waals surface area (Å²) in [7, 11) is 0. The lowest BCUT2D eigenvalue weighted by Crippen LogP contribution is -2.16. The van der Waals surface area contributed by atoms with Gasteiger partial charge >= 0.3 is 0 Å². The summed E-state index contributed by atoms with van der Waals surface area (Å²) in [5, 5.41) is 0. The molecule has 2 atom stereocenters. The van der Waals surface area contributed by atoms with Crippen LogP contribution < -0.4 is 0 Å². The predicted molar refractivity (Wildman–Crippen MR) is 48.3 cm³/mol. The normalized spacial score (nSPS) is 34.8. The first kappa shape index (κ1) is 6.90. The second-order valence-corrected chi connectivity index (χ2v) is 3.49. The first-order valence-corrected chi connectivity index (χ1v) is 4.39. The zero-order valence-electron chi connectivity index (χ0n) is 6.96. The summed E-state index contributed by atoms with van der Waals surface area (Å²) < 4.78 is 0. The number of rotatable bonds is 0. The van der Waals surface area contributed by atoms with E-state index >= 15 is 0 Å². The van der Waals surface area contributed by atoms with Crippen molar-refractivity contribution in [2.75, 3.05) is 0 Å². The Balaban J connectivity index is 2.28. The molecule has 0 aromatic rings. The molecule has 2 rings (SSSR count). The van der Waals surface area contributed by atoms with Gasteiger partial charge in [0.2, 0.25) is 0 Å². The standard InChI is InChI=1S/C11H14/c1-9-5-4-7-10-6-2-3-8-11(9)10/h3-5,7-8,10-11H,2,6H2,1H3. The summed E-state index contributed by atoms with van der Waals surface area (Å²) in [4.78, 5) is 0. The van der Waals surface area contributed by atoms with Crippen molar-refractivity contribution in [1.29, 1.82) is 0 Å². The molecule has 0 N–H and O–H groups in total. The summed E-state index contributed by atoms with van der Waals surface area (Å²) >= 11 is 0. The number of fused-ring (bicyclic) bond motifs is 1. The van der Waals surface area contributed by atoms with Crippen molar-refractivity contribution in [3.05, 3.63) is 36.0 Å². The Bertz CT molecular complexity index is 230. The predicted octanol–water partition coefficient (Wildman–Crippen LogP) is 3.08. The van der Waals surface area contributed by atoms with E-state index in [1.165, 1.54) is 18.4 Å². The van der Waals surface area contributed by atoms with Gasteiger partial charge in [0.1, 0.15) is 0 Å². The molecule has 11 heavy (non-hydrogen) atoms. The van der Waals surface area contributed by atoms with Gasteiger partial charge in [0.15, 0.2) is 0 Å². The van der Waals surface area contributed by atoms with Gasteiger partial charge in [-0.3, -0.25) is 0 Å². The molecule has 58 valence electrons. The molecule has 0 nitrogen and oxygen atoms in total. The molecule has 0 amide bonds. The summed E-state index contributed by atoms with van der Waals surface area (Å²) in [6, 6.07) is 0. The third-order valence-electron chi connectivity index (χ3n) is 2.71. The molecule has 0 saturated carbocycles. The monoisotopic (exact) mass is 146 g/mol. The molecule has 0 aromatic heterocycles. The summed E-state index contributed by atoms with van der Waals surface area (Å²) in [5.41, 5.74) is 1.52. The van der Waals surface area contributed by atoms with Gasteiger partial charge in [-0.1, -0.05) is 36.0 Å². The molecule has 0 bridgehead atoms. The number of hydrogen-bond donors (Lipinski definition) is 0. The van der Waals surface area contributed by atoms with Gasteiger partial charge < -0.3 is 0 Å². The molecule has 2 unspecified atom stereocenters. The van der Waals surface area contributed by atoms with Crippen molar-refractivity contribution in [2.45, 2.75) is 19.8 Å². The molecule has 0 fully saturated rings. The van der Waals surface area contributed by atoms with Gasteiger partial charge in [-0.2, -0.15) is 0 Å². The fourth-order valence-electron chi connectivity index (χ4n) is 2.02. The Morgan fingerprint density at radius 1 is 1.36 bits per heavy atom. The molecule has 0 heterocycles. The van der Waals surface area contributed by atoms with E-state index in [0.717, 1.165) is 5.92 Å². The van der Waals surface area contributed by atoms with Crippen molar-refractivity contribution in [1.82, 2.24) is 0 Å². The SMILES string of the molecule is CC1=CC=CC2CCC=CC12. The summed E-state index contributed by atoms with van der Waals surface area (Å²) in [6.07, 6.45) is 14.1. The van der Waals surface area contributed by atoms with Gasteiger partial charge in [-0.05, 0) is 25.7 Å². The lowest BCUT2D eigenvalue weighted by molar-refractivity contribution is 0.472. The van der Waals surface area contributed by atoms with Crippen LogP contribution in [0.1, 0.15) is 19.8 Å². The molecular formula is C11H14. The maximum absolute atomic E-state index is 2.36. The molecule has 2 aliphatic carbocycles. The van der Waals surface area contributed by atoms with Gasteiger partial charge in [0, 0.05) is 5.92 Å². The highest BCUT2D eigenvalue weighted by Gasteiger charge is 2.21. The second-order valence-electron chi connectivity index (χ2n) is 3.49. The van der Waals surface area contributed by atoms with Gasteiger partial charge in [-0.25, -0.2) is 0 Å². The van der Waals surface area contributed by atoms with Crippen molar-refractivity contribution < 1.29 is 0 Å². The Morgan fingerprint density at radius 2 is 2.27 bits per heavy atom. The molecule has 0 aliphatic heterocycles. The largest absolute Gasteiger partial charge is 0.0879 e. The molecule has 0 radical (unpaired) electrons. The van der Waals surface area contributed by atoms with Gasteiger partial charge in [-0.15, -0.1) is 0 Å². The Morgan fingerprint density at radius 3 is 3.09 bits per heavy atom. The zero-order valence-corrected chi connectivity index (χ0v) is 6.96. The van der Waals surface area contributed by atoms with E-state index in [4.69, 9.17) is 0 Å². The van der Waals surface area contributed by atoms with E-state index in [1.54, 1.807) is 0 Å².